The fourth-order valence-electron chi connectivity index (χ4n) is 3.93. The molecule has 1 atom stereocenters. The number of aromatic nitrogens is 1. The number of nitrogens with zero attached hydrogens (tertiary/aromatic N) is 2. The predicted molar refractivity (Wildman–Crippen MR) is 115 cm³/mol. The molecule has 1 amide bonds. The van der Waals surface area contributed by atoms with Crippen LogP contribution < -0.4 is 15.0 Å². The number of methoxy groups -OCH3 is 1. The lowest BCUT2D eigenvalue weighted by molar-refractivity contribution is 0.0949. The van der Waals surface area contributed by atoms with E-state index in [0.717, 1.165) is 23.4 Å². The molecule has 2 aromatic carbocycles. The molecule has 4 rings (SSSR count). The summed E-state index contributed by atoms with van der Waals surface area (Å²) in [6, 6.07) is 20.4. The summed E-state index contributed by atoms with van der Waals surface area (Å²) < 4.78 is 5.35. The average Bonchev–Trinajstić information content (AvgIpc) is 3.09. The Morgan fingerprint density at radius 2 is 1.93 bits per heavy atom. The first-order valence-corrected chi connectivity index (χ1v) is 9.90. The van der Waals surface area contributed by atoms with E-state index >= 15 is 0 Å². The number of carbonyl (C=O) groups is 1. The standard InChI is InChI=1S/C24H25N3O2/c1-17-15-19-8-3-5-9-22(19)27(17)20-11-12-21(26-16-20)24(28)25-14-13-18-7-4-6-10-23(18)29-2/h3-12,16-17H,13-15H2,1-2H3,(H,25,28). The Morgan fingerprint density at radius 3 is 2.72 bits per heavy atom. The van der Waals surface area contributed by atoms with Gasteiger partial charge in [-0.05, 0) is 55.2 Å². The number of pyridine rings is 1. The molecular formula is C24H25N3O2. The van der Waals surface area contributed by atoms with Gasteiger partial charge in [-0.15, -0.1) is 0 Å². The summed E-state index contributed by atoms with van der Waals surface area (Å²) in [4.78, 5) is 19.2. The molecule has 29 heavy (non-hydrogen) atoms. The third-order valence-electron chi connectivity index (χ3n) is 5.34. The summed E-state index contributed by atoms with van der Waals surface area (Å²) in [6.45, 7) is 2.73. The van der Waals surface area contributed by atoms with Crippen molar-refractivity contribution in [2.75, 3.05) is 18.6 Å². The van der Waals surface area contributed by atoms with Crippen LogP contribution in [-0.4, -0.2) is 30.6 Å². The van der Waals surface area contributed by atoms with Gasteiger partial charge in [-0.25, -0.2) is 4.98 Å². The predicted octanol–water partition coefficient (Wildman–Crippen LogP) is 4.15. The smallest absolute Gasteiger partial charge is 0.269 e. The monoisotopic (exact) mass is 387 g/mol. The molecule has 5 heteroatoms. The van der Waals surface area contributed by atoms with Crippen molar-refractivity contribution in [2.45, 2.75) is 25.8 Å². The van der Waals surface area contributed by atoms with Gasteiger partial charge < -0.3 is 15.0 Å². The number of anilines is 2. The first kappa shape index (κ1) is 19.0. The Labute approximate surface area is 171 Å². The minimum atomic E-state index is -0.165. The zero-order valence-corrected chi connectivity index (χ0v) is 16.8. The second-order valence-electron chi connectivity index (χ2n) is 7.27. The molecule has 1 unspecified atom stereocenters. The number of hydrogen-bond acceptors (Lipinski definition) is 4. The van der Waals surface area contributed by atoms with Gasteiger partial charge in [0, 0.05) is 18.3 Å². The Kier molecular flexibility index (Phi) is 5.47. The van der Waals surface area contributed by atoms with Crippen LogP contribution in [0.4, 0.5) is 11.4 Å². The fraction of sp³-hybridized carbons (Fsp3) is 0.250. The molecule has 2 heterocycles. The maximum Gasteiger partial charge on any atom is 0.269 e. The zero-order valence-electron chi connectivity index (χ0n) is 16.8. The molecule has 0 bridgehead atoms. The van der Waals surface area contributed by atoms with Crippen LogP contribution in [0, 0.1) is 0 Å². The van der Waals surface area contributed by atoms with Gasteiger partial charge in [0.15, 0.2) is 0 Å². The number of ether oxygens (including phenoxy) is 1. The highest BCUT2D eigenvalue weighted by Crippen LogP contribution is 2.37. The maximum atomic E-state index is 12.5. The summed E-state index contributed by atoms with van der Waals surface area (Å²) in [5.74, 6) is 0.672. The van der Waals surface area contributed by atoms with Crippen molar-refractivity contribution in [1.29, 1.82) is 0 Å². The highest BCUT2D eigenvalue weighted by molar-refractivity contribution is 5.92. The molecule has 0 saturated carbocycles. The summed E-state index contributed by atoms with van der Waals surface area (Å²) in [5.41, 5.74) is 5.07. The number of hydrogen-bond donors (Lipinski definition) is 1. The van der Waals surface area contributed by atoms with Crippen molar-refractivity contribution in [3.63, 3.8) is 0 Å². The van der Waals surface area contributed by atoms with Crippen LogP contribution in [0.15, 0.2) is 66.9 Å². The van der Waals surface area contributed by atoms with E-state index in [0.29, 0.717) is 24.7 Å². The highest BCUT2D eigenvalue weighted by Gasteiger charge is 2.27. The molecule has 1 aliphatic heterocycles. The van der Waals surface area contributed by atoms with Gasteiger partial charge in [0.1, 0.15) is 11.4 Å². The topological polar surface area (TPSA) is 54.5 Å². The third kappa shape index (κ3) is 3.94. The quantitative estimate of drug-likeness (QED) is 0.691. The summed E-state index contributed by atoms with van der Waals surface area (Å²) in [5, 5.41) is 2.94. The van der Waals surface area contributed by atoms with Crippen molar-refractivity contribution in [3.8, 4) is 5.75 Å². The van der Waals surface area contributed by atoms with Crippen LogP contribution in [-0.2, 0) is 12.8 Å². The van der Waals surface area contributed by atoms with Gasteiger partial charge in [0.25, 0.3) is 5.91 Å². The van der Waals surface area contributed by atoms with E-state index in [4.69, 9.17) is 4.74 Å². The molecular weight excluding hydrogens is 362 g/mol. The Balaban J connectivity index is 1.40. The van der Waals surface area contributed by atoms with Crippen LogP contribution in [0.25, 0.3) is 0 Å². The van der Waals surface area contributed by atoms with E-state index in [1.54, 1.807) is 19.4 Å². The second kappa shape index (κ2) is 8.35. The number of carbonyl (C=O) groups excluding carboxylic acids is 1. The SMILES string of the molecule is COc1ccccc1CCNC(=O)c1ccc(N2c3ccccc3CC2C)cn1. The van der Waals surface area contributed by atoms with Gasteiger partial charge >= 0.3 is 0 Å². The lowest BCUT2D eigenvalue weighted by Gasteiger charge is -2.24. The highest BCUT2D eigenvalue weighted by atomic mass is 16.5. The number of para-hydroxylation sites is 2. The van der Waals surface area contributed by atoms with Crippen molar-refractivity contribution >= 4 is 17.3 Å². The zero-order chi connectivity index (χ0) is 20.2. The Morgan fingerprint density at radius 1 is 1.14 bits per heavy atom. The van der Waals surface area contributed by atoms with E-state index in [2.05, 4.69) is 46.4 Å². The fourth-order valence-corrected chi connectivity index (χ4v) is 3.93. The van der Waals surface area contributed by atoms with E-state index in [9.17, 15) is 4.79 Å². The summed E-state index contributed by atoms with van der Waals surface area (Å²) in [6.07, 6.45) is 3.50. The van der Waals surface area contributed by atoms with Gasteiger partial charge in [-0.3, -0.25) is 4.79 Å². The molecule has 0 aliphatic carbocycles. The average molecular weight is 387 g/mol. The minimum absolute atomic E-state index is 0.165. The maximum absolute atomic E-state index is 12.5. The first-order valence-electron chi connectivity index (χ1n) is 9.90. The normalized spacial score (nSPS) is 15.1. The van der Waals surface area contributed by atoms with Gasteiger partial charge in [0.05, 0.1) is 19.0 Å². The molecule has 3 aromatic rings. The van der Waals surface area contributed by atoms with Crippen LogP contribution >= 0.6 is 0 Å². The molecule has 0 saturated heterocycles. The van der Waals surface area contributed by atoms with E-state index in [-0.39, 0.29) is 5.91 Å². The van der Waals surface area contributed by atoms with Crippen LogP contribution in [0.5, 0.6) is 5.75 Å². The molecule has 1 aromatic heterocycles. The Hall–Kier alpha value is -3.34. The lowest BCUT2D eigenvalue weighted by atomic mass is 10.1. The number of fused-ring (bicyclic) bond motifs is 1. The molecule has 0 fully saturated rings. The van der Waals surface area contributed by atoms with Gasteiger partial charge in [0.2, 0.25) is 0 Å². The minimum Gasteiger partial charge on any atom is -0.496 e. The molecule has 0 spiro atoms. The lowest BCUT2D eigenvalue weighted by Crippen LogP contribution is -2.27. The van der Waals surface area contributed by atoms with E-state index in [1.165, 1.54) is 11.3 Å². The molecule has 0 radical (unpaired) electrons. The second-order valence-corrected chi connectivity index (χ2v) is 7.27. The molecule has 1 N–H and O–H groups in total. The van der Waals surface area contributed by atoms with Crippen molar-refractivity contribution in [2.24, 2.45) is 0 Å². The van der Waals surface area contributed by atoms with Crippen LogP contribution in [0.3, 0.4) is 0 Å². The number of benzene rings is 2. The van der Waals surface area contributed by atoms with E-state index < -0.39 is 0 Å². The Bertz CT molecular complexity index is 1000. The summed E-state index contributed by atoms with van der Waals surface area (Å²) >= 11 is 0. The summed E-state index contributed by atoms with van der Waals surface area (Å²) in [7, 11) is 1.66. The molecule has 1 aliphatic rings. The van der Waals surface area contributed by atoms with Gasteiger partial charge in [-0.2, -0.15) is 0 Å². The van der Waals surface area contributed by atoms with E-state index in [1.807, 2.05) is 30.3 Å². The van der Waals surface area contributed by atoms with Gasteiger partial charge in [-0.1, -0.05) is 36.4 Å². The van der Waals surface area contributed by atoms with Crippen molar-refractivity contribution in [1.82, 2.24) is 10.3 Å². The van der Waals surface area contributed by atoms with Crippen molar-refractivity contribution in [3.05, 3.63) is 83.7 Å². The number of nitrogens with one attached hydrogen (secondary N) is 1. The largest absolute Gasteiger partial charge is 0.496 e. The molecule has 148 valence electrons. The van der Waals surface area contributed by atoms with Crippen LogP contribution in [0.1, 0.15) is 28.5 Å². The van der Waals surface area contributed by atoms with Crippen LogP contribution in [0.2, 0.25) is 0 Å². The third-order valence-corrected chi connectivity index (χ3v) is 5.34. The first-order chi connectivity index (χ1) is 14.2. The molecule has 5 nitrogen and oxygen atoms in total. The number of rotatable bonds is 6. The number of amides is 1. The van der Waals surface area contributed by atoms with Crippen molar-refractivity contribution < 1.29 is 9.53 Å².